The lowest BCUT2D eigenvalue weighted by Gasteiger charge is -2.19. The van der Waals surface area contributed by atoms with E-state index in [9.17, 15) is 4.79 Å². The average molecular weight is 307 g/mol. The number of Topliss-reactive ketones (excluding diaryl/α,β-unsaturated/α-hetero) is 1. The molecule has 0 aliphatic heterocycles. The third-order valence-electron chi connectivity index (χ3n) is 3.26. The van der Waals surface area contributed by atoms with Crippen molar-refractivity contribution in [1.82, 2.24) is 0 Å². The third-order valence-corrected chi connectivity index (χ3v) is 3.77. The number of anilines is 1. The fraction of sp³-hybridized carbons (Fsp3) is 0.267. The van der Waals surface area contributed by atoms with Gasteiger partial charge in [-0.05, 0) is 35.9 Å². The second-order valence-electron chi connectivity index (χ2n) is 4.69. The van der Waals surface area contributed by atoms with Gasteiger partial charge in [0.15, 0.2) is 5.78 Å². The summed E-state index contributed by atoms with van der Waals surface area (Å²) in [6, 6.07) is 11.8. The predicted octanol–water partition coefficient (Wildman–Crippen LogP) is 3.55. The lowest BCUT2D eigenvalue weighted by Crippen LogP contribution is -2.20. The molecule has 0 aliphatic carbocycles. The van der Waals surface area contributed by atoms with Gasteiger partial charge in [0.25, 0.3) is 0 Å². The van der Waals surface area contributed by atoms with Crippen molar-refractivity contribution in [3.05, 3.63) is 42.0 Å². The summed E-state index contributed by atoms with van der Waals surface area (Å²) in [5.41, 5.74) is 1.80. The number of carbonyl (C=O) groups excluding carboxylic acids is 1. The molecular formula is C15H17NO4S. The minimum Gasteiger partial charge on any atom is -0.374 e. The molecule has 0 aliphatic rings. The summed E-state index contributed by atoms with van der Waals surface area (Å²) >= 11 is 1.03. The van der Waals surface area contributed by atoms with Crippen molar-refractivity contribution in [3.8, 4) is 0 Å². The van der Waals surface area contributed by atoms with E-state index in [2.05, 4.69) is 20.3 Å². The van der Waals surface area contributed by atoms with Gasteiger partial charge in [-0.3, -0.25) is 4.79 Å². The Hall–Kier alpha value is -1.60. The van der Waals surface area contributed by atoms with Crippen LogP contribution in [0.15, 0.2) is 36.4 Å². The molecule has 0 spiro atoms. The molecule has 2 aromatic carbocycles. The van der Waals surface area contributed by atoms with Gasteiger partial charge in [-0.25, -0.2) is 5.26 Å². The first-order valence-electron chi connectivity index (χ1n) is 6.47. The Bertz CT molecular complexity index is 632. The molecule has 6 heteroatoms. The first kappa shape index (κ1) is 15.8. The first-order chi connectivity index (χ1) is 10.1. The van der Waals surface area contributed by atoms with Crippen LogP contribution in [0, 0.1) is 0 Å². The largest absolute Gasteiger partial charge is 0.374 e. The number of hydrogen-bond donors (Lipinski definition) is 1. The summed E-state index contributed by atoms with van der Waals surface area (Å²) in [6.07, 6.45) is 0. The number of benzene rings is 2. The van der Waals surface area contributed by atoms with Crippen LogP contribution in [-0.2, 0) is 9.37 Å². The van der Waals surface area contributed by atoms with Gasteiger partial charge < -0.3 is 4.90 Å². The highest BCUT2D eigenvalue weighted by molar-refractivity contribution is 7.94. The topological polar surface area (TPSA) is 59.0 Å². The van der Waals surface area contributed by atoms with Crippen molar-refractivity contribution >= 4 is 34.3 Å². The van der Waals surface area contributed by atoms with Gasteiger partial charge in [0.2, 0.25) is 0 Å². The van der Waals surface area contributed by atoms with E-state index in [1.54, 1.807) is 6.92 Å². The molecule has 0 atom stereocenters. The van der Waals surface area contributed by atoms with E-state index < -0.39 is 0 Å². The molecule has 0 unspecified atom stereocenters. The molecule has 0 bridgehead atoms. The van der Waals surface area contributed by atoms with E-state index in [1.165, 1.54) is 0 Å². The zero-order valence-corrected chi connectivity index (χ0v) is 12.7. The predicted molar refractivity (Wildman–Crippen MR) is 84.5 cm³/mol. The zero-order chi connectivity index (χ0) is 15.2. The monoisotopic (exact) mass is 307 g/mol. The summed E-state index contributed by atoms with van der Waals surface area (Å²) in [5, 5.41) is 13.7. The van der Waals surface area contributed by atoms with E-state index in [-0.39, 0.29) is 5.78 Å². The van der Waals surface area contributed by atoms with Crippen LogP contribution in [0.5, 0.6) is 0 Å². The number of ketones is 1. The smallest absolute Gasteiger partial charge is 0.159 e. The molecule has 112 valence electrons. The lowest BCUT2D eigenvalue weighted by atomic mass is 10.0. The number of nitrogens with zero attached hydrogens (tertiary/aromatic N) is 1. The number of fused-ring (bicyclic) bond motifs is 1. The summed E-state index contributed by atoms with van der Waals surface area (Å²) in [6.45, 7) is 2.31. The standard InChI is InChI=1S/C15H17NO4S/c1-11(17)12-3-4-14-10-15(6-5-13(14)9-12)16(2)7-8-21-20-19-18/h3-6,9-10,18H,7-8H2,1-2H3. The van der Waals surface area contributed by atoms with Gasteiger partial charge in [-0.2, -0.15) is 0 Å². The summed E-state index contributed by atoms with van der Waals surface area (Å²) in [5.74, 6) is 0.722. The maximum Gasteiger partial charge on any atom is 0.159 e. The molecule has 5 nitrogen and oxygen atoms in total. The van der Waals surface area contributed by atoms with Crippen LogP contribution in [-0.4, -0.2) is 30.4 Å². The van der Waals surface area contributed by atoms with Crippen molar-refractivity contribution in [2.24, 2.45) is 0 Å². The maximum atomic E-state index is 11.4. The minimum atomic E-state index is 0.0706. The molecule has 2 rings (SSSR count). The molecule has 0 saturated heterocycles. The number of rotatable bonds is 7. The Morgan fingerprint density at radius 1 is 1.24 bits per heavy atom. The third kappa shape index (κ3) is 4.18. The number of carbonyl (C=O) groups is 1. The summed E-state index contributed by atoms with van der Waals surface area (Å²) in [4.78, 5) is 13.5. The van der Waals surface area contributed by atoms with Crippen LogP contribution in [0.3, 0.4) is 0 Å². The van der Waals surface area contributed by atoms with Gasteiger partial charge in [-0.1, -0.05) is 23.2 Å². The van der Waals surface area contributed by atoms with E-state index in [0.29, 0.717) is 5.75 Å². The molecule has 21 heavy (non-hydrogen) atoms. The van der Waals surface area contributed by atoms with Gasteiger partial charge >= 0.3 is 0 Å². The highest BCUT2D eigenvalue weighted by atomic mass is 32.2. The Kier molecular flexibility index (Phi) is 5.58. The second kappa shape index (κ2) is 7.42. The molecule has 0 fully saturated rings. The van der Waals surface area contributed by atoms with E-state index in [4.69, 9.17) is 5.26 Å². The maximum absolute atomic E-state index is 11.4. The van der Waals surface area contributed by atoms with Crippen molar-refractivity contribution in [2.75, 3.05) is 24.2 Å². The van der Waals surface area contributed by atoms with Crippen molar-refractivity contribution in [2.45, 2.75) is 6.92 Å². The minimum absolute atomic E-state index is 0.0706. The van der Waals surface area contributed by atoms with Crippen molar-refractivity contribution in [1.29, 1.82) is 0 Å². The van der Waals surface area contributed by atoms with Crippen LogP contribution in [0.4, 0.5) is 5.69 Å². The van der Waals surface area contributed by atoms with Crippen LogP contribution >= 0.6 is 12.0 Å². The molecule has 0 aromatic heterocycles. The molecule has 0 amide bonds. The van der Waals surface area contributed by atoms with Crippen molar-refractivity contribution in [3.63, 3.8) is 0 Å². The summed E-state index contributed by atoms with van der Waals surface area (Å²) in [7, 11) is 1.98. The van der Waals surface area contributed by atoms with Crippen LogP contribution < -0.4 is 4.90 Å². The lowest BCUT2D eigenvalue weighted by molar-refractivity contribution is -0.432. The SMILES string of the molecule is CC(=O)c1ccc2cc(N(C)CCSOOO)ccc2c1. The summed E-state index contributed by atoms with van der Waals surface area (Å²) < 4.78 is 4.34. The number of hydrogen-bond acceptors (Lipinski definition) is 6. The molecule has 1 N–H and O–H groups in total. The van der Waals surface area contributed by atoms with E-state index >= 15 is 0 Å². The Morgan fingerprint density at radius 3 is 2.67 bits per heavy atom. The van der Waals surface area contributed by atoms with Gasteiger partial charge in [-0.15, -0.1) is 4.33 Å². The van der Waals surface area contributed by atoms with Crippen LogP contribution in [0.1, 0.15) is 17.3 Å². The Labute approximate surface area is 127 Å². The second-order valence-corrected chi connectivity index (χ2v) is 5.47. The highest BCUT2D eigenvalue weighted by Gasteiger charge is 2.05. The molecule has 2 aromatic rings. The van der Waals surface area contributed by atoms with Crippen LogP contribution in [0.25, 0.3) is 10.8 Å². The van der Waals surface area contributed by atoms with E-state index in [1.807, 2.05) is 37.4 Å². The van der Waals surface area contributed by atoms with Crippen LogP contribution in [0.2, 0.25) is 0 Å². The fourth-order valence-corrected chi connectivity index (χ4v) is 2.51. The first-order valence-corrected chi connectivity index (χ1v) is 7.38. The molecular weight excluding hydrogens is 290 g/mol. The average Bonchev–Trinajstić information content (AvgIpc) is 2.50. The zero-order valence-electron chi connectivity index (χ0n) is 11.9. The molecule has 0 heterocycles. The van der Waals surface area contributed by atoms with Gasteiger partial charge in [0, 0.05) is 42.6 Å². The Balaban J connectivity index is 2.11. The van der Waals surface area contributed by atoms with Crippen molar-refractivity contribution < 1.29 is 19.4 Å². The van der Waals surface area contributed by atoms with E-state index in [0.717, 1.165) is 40.6 Å². The quantitative estimate of drug-likeness (QED) is 0.277. The normalized spacial score (nSPS) is 10.8. The Morgan fingerprint density at radius 2 is 1.95 bits per heavy atom. The van der Waals surface area contributed by atoms with Gasteiger partial charge in [0.1, 0.15) is 0 Å². The molecule has 0 saturated carbocycles. The molecule has 0 radical (unpaired) electrons. The highest BCUT2D eigenvalue weighted by Crippen LogP contribution is 2.23. The fourth-order valence-electron chi connectivity index (χ4n) is 2.05. The van der Waals surface area contributed by atoms with Gasteiger partial charge in [0.05, 0.1) is 0 Å².